The Kier molecular flexibility index (Phi) is 30.9. The minimum absolute atomic E-state index is 0.0201. The summed E-state index contributed by atoms with van der Waals surface area (Å²) in [5.41, 5.74) is 13.4. The van der Waals surface area contributed by atoms with Crippen molar-refractivity contribution in [1.82, 2.24) is 62.9 Å². The number of hydrogen-bond donors (Lipinski definition) is 7. The van der Waals surface area contributed by atoms with Crippen LogP contribution in [-0.4, -0.2) is 145 Å². The molecule has 11 aromatic heterocycles. The van der Waals surface area contributed by atoms with Gasteiger partial charge in [0.15, 0.2) is 17.4 Å². The first-order valence-electron chi connectivity index (χ1n) is 33.1. The lowest BCUT2D eigenvalue weighted by molar-refractivity contribution is -0.114. The van der Waals surface area contributed by atoms with Crippen molar-refractivity contribution < 1.29 is 37.6 Å². The lowest BCUT2D eigenvalue weighted by Crippen LogP contribution is -2.40. The smallest absolute Gasteiger partial charge is 0.407 e. The van der Waals surface area contributed by atoms with E-state index in [9.17, 15) is 38.1 Å². The third-order valence-corrected chi connectivity index (χ3v) is 15.2. The Morgan fingerprint density at radius 3 is 1.41 bits per heavy atom. The normalized spacial score (nSPS) is 15.3. The second kappa shape index (κ2) is 38.4. The molecular formula is C71H93Cl4N16O11P. The fourth-order valence-corrected chi connectivity index (χ4v) is 10.6. The topological polar surface area (TPSA) is 332 Å². The summed E-state index contributed by atoms with van der Waals surface area (Å²) in [6, 6.07) is 23.2. The zero-order valence-corrected chi connectivity index (χ0v) is 64.1. The summed E-state index contributed by atoms with van der Waals surface area (Å²) in [5, 5.41) is 5.71. The number of aryl methyl sites for hydroxylation is 5. The van der Waals surface area contributed by atoms with Crippen LogP contribution >= 0.6 is 50.5 Å². The van der Waals surface area contributed by atoms with Gasteiger partial charge in [0.05, 0.1) is 40.0 Å². The number of hydrogen-bond acceptors (Lipinski definition) is 17. The van der Waals surface area contributed by atoms with Crippen molar-refractivity contribution in [1.29, 1.82) is 0 Å². The number of ether oxygens (including phenoxy) is 2. The molecule has 556 valence electrons. The largest absolute Gasteiger partial charge is 0.444 e. The maximum Gasteiger partial charge on any atom is 0.407 e. The summed E-state index contributed by atoms with van der Waals surface area (Å²) < 4.78 is 34.4. The molecule has 14 rings (SSSR count). The van der Waals surface area contributed by atoms with Crippen molar-refractivity contribution >= 4 is 113 Å². The first-order chi connectivity index (χ1) is 48.4. The second-order valence-corrected chi connectivity index (χ2v) is 33.3. The van der Waals surface area contributed by atoms with Gasteiger partial charge in [-0.3, -0.25) is 23.7 Å². The van der Waals surface area contributed by atoms with Gasteiger partial charge in [-0.05, 0) is 215 Å². The molecule has 0 bridgehead atoms. The lowest BCUT2D eigenvalue weighted by atomic mass is 10.2. The van der Waals surface area contributed by atoms with E-state index in [0.29, 0.717) is 28.0 Å². The van der Waals surface area contributed by atoms with E-state index in [1.807, 2.05) is 146 Å². The number of carbonyl (C=O) groups is 4. The van der Waals surface area contributed by atoms with E-state index in [2.05, 4.69) is 124 Å². The van der Waals surface area contributed by atoms with Crippen molar-refractivity contribution in [2.24, 2.45) is 5.73 Å². The van der Waals surface area contributed by atoms with Crippen LogP contribution in [0.1, 0.15) is 114 Å². The molecule has 3 atom stereocenters. The van der Waals surface area contributed by atoms with Crippen molar-refractivity contribution in [2.45, 2.75) is 139 Å². The molecule has 0 aromatic carbocycles. The van der Waals surface area contributed by atoms with E-state index in [1.54, 1.807) is 54.0 Å². The fraction of sp³-hybridized carbons (Fsp3) is 0.394. The highest BCUT2D eigenvalue weighted by atomic mass is 36.0. The maximum absolute atomic E-state index is 11.9. The van der Waals surface area contributed by atoms with Gasteiger partial charge < -0.3 is 82.3 Å². The molecule has 0 aliphatic carbocycles. The number of nitrogens with two attached hydrogens (primary N) is 1. The molecule has 11 aromatic rings. The Morgan fingerprint density at radius 1 is 0.602 bits per heavy atom. The van der Waals surface area contributed by atoms with Gasteiger partial charge >= 0.3 is 23.0 Å². The molecule has 32 heteroatoms. The molecule has 0 radical (unpaired) electrons. The molecule has 103 heavy (non-hydrogen) atoms. The van der Waals surface area contributed by atoms with E-state index in [1.165, 1.54) is 19.4 Å². The van der Waals surface area contributed by atoms with Gasteiger partial charge in [0.25, 0.3) is 11.1 Å². The average Bonchev–Trinajstić information content (AvgIpc) is 1.71. The number of fused-ring (bicyclic) bond motifs is 5. The van der Waals surface area contributed by atoms with Gasteiger partial charge in [-0.25, -0.2) is 24.4 Å². The van der Waals surface area contributed by atoms with Crippen LogP contribution in [0.15, 0.2) is 160 Å². The number of alkyl halides is 1. The molecule has 14 heterocycles. The molecule has 3 saturated heterocycles. The molecule has 3 aliphatic heterocycles. The van der Waals surface area contributed by atoms with Crippen molar-refractivity contribution in [3.63, 3.8) is 0 Å². The van der Waals surface area contributed by atoms with Crippen molar-refractivity contribution in [2.75, 3.05) is 54.9 Å². The molecule has 0 unspecified atom stereocenters. The number of ketones is 2. The summed E-state index contributed by atoms with van der Waals surface area (Å²) in [6.45, 7) is 29.0. The number of alkyl carbamates (subject to hydrolysis) is 2. The molecule has 0 spiro atoms. The van der Waals surface area contributed by atoms with Crippen LogP contribution in [0, 0.1) is 34.6 Å². The van der Waals surface area contributed by atoms with Gasteiger partial charge in [0, 0.05) is 131 Å². The average molecular weight is 1520 g/mol. The minimum Gasteiger partial charge on any atom is -0.444 e. The van der Waals surface area contributed by atoms with Crippen LogP contribution in [-0.2, 0) is 18.8 Å². The SMILES string of the molecule is CC(=O)CCl.CC(=O)c1ccc[nH]1.CC(C)(C)OC(=O)N[C@H]1CCNC1.Cc1cn2cccc2c(=O)[nH]1.Cc1cn2cccc2c(=O)[nH]1.Cc1cn2cccc2c(=O)o1.Cc1cn2cccc2c(N2CC[C@H](N)C2)n1.Cc1cn2cccc2c(N2CC[C@H](NC(=O)OC(C)(C)C)C2)n1.O=P(Cl)(Cl)Cl. The van der Waals surface area contributed by atoms with Crippen LogP contribution in [0.5, 0.6) is 0 Å². The molecule has 3 aliphatic rings. The molecular weight excluding hydrogens is 1430 g/mol. The number of H-pyrrole nitrogens is 3. The predicted molar refractivity (Wildman–Crippen MR) is 409 cm³/mol. The first-order valence-corrected chi connectivity index (χ1v) is 38.0. The summed E-state index contributed by atoms with van der Waals surface area (Å²) in [7, 11) is 0. The summed E-state index contributed by atoms with van der Waals surface area (Å²) in [6.07, 6.45) is 23.2. The van der Waals surface area contributed by atoms with E-state index < -0.39 is 16.4 Å². The number of Topliss-reactive ketones (excluding diaryl/α,β-unsaturated/α-hetero) is 2. The molecule has 27 nitrogen and oxygen atoms in total. The summed E-state index contributed by atoms with van der Waals surface area (Å²) >= 11 is 18.8. The van der Waals surface area contributed by atoms with E-state index >= 15 is 0 Å². The van der Waals surface area contributed by atoms with Crippen LogP contribution in [0.3, 0.4) is 0 Å². The molecule has 2 amide bonds. The standard InChI is InChI=1S/C17H24N4O2.C12H16N4.C9H18N2O2.2C8H8N2O.C8H7NO2.C6H7NO.C3H5ClO.Cl3OP/c1-12-10-20-8-5-6-14(20)15(18-12)21-9-7-13(11-21)19-16(22)23-17(2,3)4;1-9-7-15-5-2-3-11(15)12(14-9)16-6-4-10(13)8-16;1-9(2,3)13-8(12)11-7-4-5-10-6-7;2*1-6-5-10-4-2-3-7(10)8(11)9-6;1-6-5-9-4-2-3-7(9)8(10)11-6;1-5(8)6-3-2-4-7-6;1-3(5)2-4;1-5(2,3)4/h5-6,8,10,13H,7,9,11H2,1-4H3,(H,19,22);2-3,5,7,10H,4,6,8,13H2,1H3;7,10H,4-6H2,1-3H3,(H,11,12);2*2-5H,1H3,(H,9,11);2-5H,1H3;2-4,7H,1H3;2H2,1H3;/t13-;10-;7-;;;;;;/m000....../s1. The third kappa shape index (κ3) is 28.2. The monoisotopic (exact) mass is 1520 g/mol. The van der Waals surface area contributed by atoms with E-state index in [4.69, 9.17) is 31.2 Å². The molecule has 3 fully saturated rings. The number of aromatic nitrogens is 10. The molecule has 8 N–H and O–H groups in total. The number of carbonyl (C=O) groups excluding carboxylic acids is 4. The predicted octanol–water partition coefficient (Wildman–Crippen LogP) is 12.7. The number of amides is 2. The van der Waals surface area contributed by atoms with Gasteiger partial charge in [0.1, 0.15) is 39.3 Å². The number of rotatable bonds is 6. The Bertz CT molecular complexity index is 4590. The highest BCUT2D eigenvalue weighted by Crippen LogP contribution is 2.61. The highest BCUT2D eigenvalue weighted by Gasteiger charge is 2.29. The van der Waals surface area contributed by atoms with Crippen LogP contribution in [0.4, 0.5) is 21.2 Å². The Morgan fingerprint density at radius 2 is 1.02 bits per heavy atom. The minimum atomic E-state index is -3.22. The maximum atomic E-state index is 11.9. The van der Waals surface area contributed by atoms with E-state index in [0.717, 1.165) is 98.5 Å². The number of anilines is 2. The van der Waals surface area contributed by atoms with Crippen LogP contribution in [0.2, 0.25) is 0 Å². The molecule has 0 saturated carbocycles. The lowest BCUT2D eigenvalue weighted by Gasteiger charge is -2.22. The van der Waals surface area contributed by atoms with Crippen molar-refractivity contribution in [3.05, 3.63) is 206 Å². The number of nitrogens with zero attached hydrogens (tertiary/aromatic N) is 9. The first kappa shape index (κ1) is 82.9. The zero-order chi connectivity index (χ0) is 75.9. The summed E-state index contributed by atoms with van der Waals surface area (Å²) in [4.78, 5) is 98.8. The number of nitrogens with one attached hydrogen (secondary N) is 6. The third-order valence-electron chi connectivity index (χ3n) is 14.8. The Labute approximate surface area is 616 Å². The second-order valence-electron chi connectivity index (χ2n) is 26.4. The van der Waals surface area contributed by atoms with Crippen LogP contribution in [0.25, 0.3) is 27.6 Å². The quantitative estimate of drug-likeness (QED) is 0.0462. The Balaban J connectivity index is 0.000000188. The highest BCUT2D eigenvalue weighted by molar-refractivity contribution is 8.24. The van der Waals surface area contributed by atoms with E-state index in [-0.39, 0.29) is 64.5 Å². The fourth-order valence-electron chi connectivity index (χ4n) is 10.6. The van der Waals surface area contributed by atoms with Gasteiger partial charge in [-0.1, -0.05) is 0 Å². The van der Waals surface area contributed by atoms with Gasteiger partial charge in [-0.2, -0.15) is 0 Å². The van der Waals surface area contributed by atoms with Crippen molar-refractivity contribution in [3.8, 4) is 0 Å². The van der Waals surface area contributed by atoms with Crippen LogP contribution < -0.4 is 48.2 Å². The number of aromatic amines is 3. The van der Waals surface area contributed by atoms with Gasteiger partial charge in [0.2, 0.25) is 0 Å². The Hall–Kier alpha value is -9.08. The zero-order valence-electron chi connectivity index (χ0n) is 60.1. The number of halogens is 4. The summed E-state index contributed by atoms with van der Waals surface area (Å²) in [5.74, 6) is 2.90. The van der Waals surface area contributed by atoms with Gasteiger partial charge in [-0.15, -0.1) is 11.6 Å².